The van der Waals surface area contributed by atoms with Crippen molar-refractivity contribution < 1.29 is 4.39 Å². The normalized spacial score (nSPS) is 16.9. The summed E-state index contributed by atoms with van der Waals surface area (Å²) in [6.45, 7) is 4.12. The summed E-state index contributed by atoms with van der Waals surface area (Å²) >= 11 is 6.09. The van der Waals surface area contributed by atoms with Gasteiger partial charge in [0.15, 0.2) is 0 Å². The van der Waals surface area contributed by atoms with Crippen molar-refractivity contribution in [3.63, 3.8) is 0 Å². The zero-order valence-corrected chi connectivity index (χ0v) is 11.6. The van der Waals surface area contributed by atoms with Gasteiger partial charge in [0.05, 0.1) is 0 Å². The van der Waals surface area contributed by atoms with Gasteiger partial charge in [-0.15, -0.1) is 0 Å². The molecule has 0 fully saturated rings. The number of benzene rings is 1. The number of hydrogen-bond donors (Lipinski definition) is 1. The molecule has 0 saturated carbocycles. The lowest BCUT2D eigenvalue weighted by atomic mass is 9.84. The Hall–Kier alpha value is -0.640. The quantitative estimate of drug-likeness (QED) is 0.899. The van der Waals surface area contributed by atoms with Crippen LogP contribution >= 0.6 is 11.6 Å². The lowest BCUT2D eigenvalue weighted by molar-refractivity contribution is 0.132. The molecule has 4 heteroatoms. The zero-order chi connectivity index (χ0) is 13.2. The molecule has 0 aliphatic heterocycles. The highest BCUT2D eigenvalue weighted by atomic mass is 35.5. The fourth-order valence-electron chi connectivity index (χ4n) is 1.90. The predicted molar refractivity (Wildman–Crippen MR) is 70.7 cm³/mol. The summed E-state index contributed by atoms with van der Waals surface area (Å²) < 4.78 is 13.3. The Labute approximate surface area is 108 Å². The first kappa shape index (κ1) is 14.4. The Kier molecular flexibility index (Phi) is 4.53. The second-order valence-electron chi connectivity index (χ2n) is 4.75. The van der Waals surface area contributed by atoms with Crippen LogP contribution in [0, 0.1) is 5.82 Å². The molecule has 0 heterocycles. The number of nitrogens with two attached hydrogens (primary N) is 1. The van der Waals surface area contributed by atoms with Crippen LogP contribution < -0.4 is 5.73 Å². The standard InChI is InChI=1S/C13H20ClFN2/c1-5-13(2,17(3)4)12(16)10-8-9(15)6-7-11(10)14/h6-8,12H,5,16H2,1-4H3. The Bertz CT molecular complexity index is 395. The first-order valence-electron chi connectivity index (χ1n) is 5.71. The van der Waals surface area contributed by atoms with Gasteiger partial charge in [0.2, 0.25) is 0 Å². The maximum absolute atomic E-state index is 13.3. The molecule has 1 rings (SSSR count). The van der Waals surface area contributed by atoms with Crippen molar-refractivity contribution in [3.05, 3.63) is 34.6 Å². The van der Waals surface area contributed by atoms with Gasteiger partial charge >= 0.3 is 0 Å². The molecule has 2 unspecified atom stereocenters. The lowest BCUT2D eigenvalue weighted by Crippen LogP contribution is -2.49. The minimum absolute atomic E-state index is 0.253. The Balaban J connectivity index is 3.18. The van der Waals surface area contributed by atoms with Gasteiger partial charge in [-0.1, -0.05) is 18.5 Å². The van der Waals surface area contributed by atoms with E-state index in [1.807, 2.05) is 14.1 Å². The van der Waals surface area contributed by atoms with Crippen LogP contribution in [-0.2, 0) is 0 Å². The molecule has 1 aromatic carbocycles. The average molecular weight is 259 g/mol. The number of nitrogens with zero attached hydrogens (tertiary/aromatic N) is 1. The molecule has 96 valence electrons. The van der Waals surface area contributed by atoms with Gasteiger partial charge < -0.3 is 10.6 Å². The van der Waals surface area contributed by atoms with Crippen LogP contribution in [-0.4, -0.2) is 24.5 Å². The van der Waals surface area contributed by atoms with E-state index in [9.17, 15) is 4.39 Å². The van der Waals surface area contributed by atoms with E-state index in [1.165, 1.54) is 12.1 Å². The van der Waals surface area contributed by atoms with Crippen LogP contribution in [0.3, 0.4) is 0 Å². The van der Waals surface area contributed by atoms with Crippen molar-refractivity contribution in [2.75, 3.05) is 14.1 Å². The van der Waals surface area contributed by atoms with Crippen molar-refractivity contribution in [1.29, 1.82) is 0 Å². The van der Waals surface area contributed by atoms with E-state index in [0.29, 0.717) is 10.6 Å². The third-order valence-electron chi connectivity index (χ3n) is 3.70. The molecule has 0 spiro atoms. The predicted octanol–water partition coefficient (Wildman–Crippen LogP) is 3.21. The molecule has 17 heavy (non-hydrogen) atoms. The summed E-state index contributed by atoms with van der Waals surface area (Å²) in [6.07, 6.45) is 0.855. The van der Waals surface area contributed by atoms with E-state index in [0.717, 1.165) is 6.42 Å². The summed E-state index contributed by atoms with van der Waals surface area (Å²) in [5, 5.41) is 0.514. The Morgan fingerprint density at radius 3 is 2.53 bits per heavy atom. The third kappa shape index (κ3) is 2.79. The van der Waals surface area contributed by atoms with E-state index < -0.39 is 0 Å². The maximum atomic E-state index is 13.3. The van der Waals surface area contributed by atoms with Crippen LogP contribution in [0.5, 0.6) is 0 Å². The summed E-state index contributed by atoms with van der Waals surface area (Å²) in [7, 11) is 3.94. The molecule has 0 radical (unpaired) electrons. The van der Waals surface area contributed by atoms with E-state index >= 15 is 0 Å². The van der Waals surface area contributed by atoms with Gasteiger partial charge in [-0.3, -0.25) is 0 Å². The monoisotopic (exact) mass is 258 g/mol. The second-order valence-corrected chi connectivity index (χ2v) is 5.16. The van der Waals surface area contributed by atoms with Crippen LogP contribution in [0.15, 0.2) is 18.2 Å². The van der Waals surface area contributed by atoms with Crippen LogP contribution in [0.4, 0.5) is 4.39 Å². The zero-order valence-electron chi connectivity index (χ0n) is 10.8. The molecule has 2 nitrogen and oxygen atoms in total. The molecule has 2 N–H and O–H groups in total. The average Bonchev–Trinajstić information content (AvgIpc) is 2.30. The van der Waals surface area contributed by atoms with Gasteiger partial charge in [-0.2, -0.15) is 0 Å². The largest absolute Gasteiger partial charge is 0.322 e. The molecular weight excluding hydrogens is 239 g/mol. The van der Waals surface area contributed by atoms with Gasteiger partial charge in [-0.05, 0) is 51.2 Å². The maximum Gasteiger partial charge on any atom is 0.123 e. The smallest absolute Gasteiger partial charge is 0.123 e. The van der Waals surface area contributed by atoms with Gasteiger partial charge in [-0.25, -0.2) is 4.39 Å². The Morgan fingerprint density at radius 1 is 1.47 bits per heavy atom. The van der Waals surface area contributed by atoms with E-state index in [4.69, 9.17) is 17.3 Å². The van der Waals surface area contributed by atoms with E-state index in [1.54, 1.807) is 6.07 Å². The van der Waals surface area contributed by atoms with Crippen LogP contribution in [0.25, 0.3) is 0 Å². The number of likely N-dealkylation sites (N-methyl/N-ethyl adjacent to an activating group) is 1. The summed E-state index contributed by atoms with van der Waals surface area (Å²) in [6, 6.07) is 3.99. The molecule has 0 bridgehead atoms. The molecular formula is C13H20ClFN2. The Morgan fingerprint density at radius 2 is 2.06 bits per heavy atom. The summed E-state index contributed by atoms with van der Waals surface area (Å²) in [5.41, 5.74) is 6.67. The van der Waals surface area contributed by atoms with Crippen molar-refractivity contribution in [1.82, 2.24) is 4.90 Å². The molecule has 1 aromatic rings. The second kappa shape index (κ2) is 5.34. The van der Waals surface area contributed by atoms with Crippen molar-refractivity contribution >= 4 is 11.6 Å². The van der Waals surface area contributed by atoms with Gasteiger partial charge in [0.1, 0.15) is 5.82 Å². The topological polar surface area (TPSA) is 29.3 Å². The first-order chi connectivity index (χ1) is 7.82. The van der Waals surface area contributed by atoms with Crippen molar-refractivity contribution in [2.24, 2.45) is 5.73 Å². The highest BCUT2D eigenvalue weighted by Gasteiger charge is 2.34. The van der Waals surface area contributed by atoms with Crippen LogP contribution in [0.1, 0.15) is 31.9 Å². The summed E-state index contributed by atoms with van der Waals surface area (Å²) in [5.74, 6) is -0.308. The van der Waals surface area contributed by atoms with Crippen molar-refractivity contribution in [2.45, 2.75) is 31.8 Å². The minimum atomic E-state index is -0.328. The first-order valence-corrected chi connectivity index (χ1v) is 6.08. The fourth-order valence-corrected chi connectivity index (χ4v) is 2.14. The van der Waals surface area contributed by atoms with E-state index in [-0.39, 0.29) is 17.4 Å². The number of rotatable bonds is 4. The number of hydrogen-bond acceptors (Lipinski definition) is 2. The highest BCUT2D eigenvalue weighted by Crippen LogP contribution is 2.34. The lowest BCUT2D eigenvalue weighted by Gasteiger charge is -2.41. The number of halogens is 2. The fraction of sp³-hybridized carbons (Fsp3) is 0.538. The summed E-state index contributed by atoms with van der Waals surface area (Å²) in [4.78, 5) is 2.05. The van der Waals surface area contributed by atoms with Crippen LogP contribution in [0.2, 0.25) is 5.02 Å². The molecule has 0 aliphatic rings. The van der Waals surface area contributed by atoms with Crippen molar-refractivity contribution in [3.8, 4) is 0 Å². The molecule has 0 amide bonds. The molecule has 0 saturated heterocycles. The molecule has 0 aliphatic carbocycles. The highest BCUT2D eigenvalue weighted by molar-refractivity contribution is 6.31. The SMILES string of the molecule is CCC(C)(C(N)c1cc(F)ccc1Cl)N(C)C. The minimum Gasteiger partial charge on any atom is -0.322 e. The third-order valence-corrected chi connectivity index (χ3v) is 4.04. The molecule has 0 aromatic heterocycles. The van der Waals surface area contributed by atoms with E-state index in [2.05, 4.69) is 18.7 Å². The van der Waals surface area contributed by atoms with Gasteiger partial charge in [0, 0.05) is 16.6 Å². The molecule has 2 atom stereocenters. The van der Waals surface area contributed by atoms with Gasteiger partial charge in [0.25, 0.3) is 0 Å².